The van der Waals surface area contributed by atoms with E-state index in [9.17, 15) is 4.79 Å². The highest BCUT2D eigenvalue weighted by atomic mass is 16.1. The van der Waals surface area contributed by atoms with Gasteiger partial charge in [0.05, 0.1) is 11.6 Å². The second-order valence-corrected chi connectivity index (χ2v) is 6.31. The molecule has 1 saturated carbocycles. The SMILES string of the molecule is CCn1nnc2cc(C(=O)NC(c3ccccc3)C3CC3)ccc21. The van der Waals surface area contributed by atoms with Crippen LogP contribution in [0.4, 0.5) is 0 Å². The first-order valence-corrected chi connectivity index (χ1v) is 8.45. The fraction of sp³-hybridized carbons (Fsp3) is 0.316. The van der Waals surface area contributed by atoms with Gasteiger partial charge < -0.3 is 5.32 Å². The molecule has 122 valence electrons. The number of nitrogens with zero attached hydrogens (tertiary/aromatic N) is 3. The molecule has 1 N–H and O–H groups in total. The first kappa shape index (κ1) is 14.9. The molecule has 2 aromatic carbocycles. The molecule has 1 atom stereocenters. The van der Waals surface area contributed by atoms with Crippen LogP contribution in [0.1, 0.15) is 41.7 Å². The van der Waals surface area contributed by atoms with E-state index >= 15 is 0 Å². The molecule has 5 heteroatoms. The lowest BCUT2D eigenvalue weighted by atomic mass is 10.0. The molecule has 1 fully saturated rings. The number of aryl methyl sites for hydroxylation is 1. The lowest BCUT2D eigenvalue weighted by Gasteiger charge is -2.19. The number of carbonyl (C=O) groups is 1. The second kappa shape index (κ2) is 6.07. The van der Waals surface area contributed by atoms with E-state index < -0.39 is 0 Å². The summed E-state index contributed by atoms with van der Waals surface area (Å²) in [6.07, 6.45) is 2.34. The van der Waals surface area contributed by atoms with Gasteiger partial charge in [-0.25, -0.2) is 4.68 Å². The molecular weight excluding hydrogens is 300 g/mol. The van der Waals surface area contributed by atoms with Crippen molar-refractivity contribution in [3.8, 4) is 0 Å². The third-order valence-corrected chi connectivity index (χ3v) is 4.61. The average molecular weight is 320 g/mol. The Morgan fingerprint density at radius 1 is 1.25 bits per heavy atom. The molecule has 1 aromatic heterocycles. The quantitative estimate of drug-likeness (QED) is 0.784. The van der Waals surface area contributed by atoms with E-state index in [0.29, 0.717) is 11.5 Å². The normalized spacial score (nSPS) is 15.4. The fourth-order valence-electron chi connectivity index (χ4n) is 3.13. The maximum Gasteiger partial charge on any atom is 0.251 e. The van der Waals surface area contributed by atoms with Crippen LogP contribution in [-0.2, 0) is 6.54 Å². The lowest BCUT2D eigenvalue weighted by Crippen LogP contribution is -2.29. The molecule has 0 saturated heterocycles. The van der Waals surface area contributed by atoms with E-state index in [4.69, 9.17) is 0 Å². The van der Waals surface area contributed by atoms with Crippen LogP contribution in [0.3, 0.4) is 0 Å². The molecule has 0 aliphatic heterocycles. The van der Waals surface area contributed by atoms with Gasteiger partial charge in [-0.1, -0.05) is 35.5 Å². The van der Waals surface area contributed by atoms with E-state index in [1.165, 1.54) is 18.4 Å². The molecule has 4 rings (SSSR count). The van der Waals surface area contributed by atoms with Crippen molar-refractivity contribution in [1.29, 1.82) is 0 Å². The zero-order valence-electron chi connectivity index (χ0n) is 13.6. The molecule has 0 bridgehead atoms. The van der Waals surface area contributed by atoms with Crippen LogP contribution in [0.2, 0.25) is 0 Å². The average Bonchev–Trinajstić information content (AvgIpc) is 3.38. The third-order valence-electron chi connectivity index (χ3n) is 4.61. The van der Waals surface area contributed by atoms with E-state index in [0.717, 1.165) is 17.6 Å². The Kier molecular flexibility index (Phi) is 3.76. The number of hydrogen-bond acceptors (Lipinski definition) is 3. The minimum absolute atomic E-state index is 0.0521. The molecule has 1 unspecified atom stereocenters. The number of fused-ring (bicyclic) bond motifs is 1. The highest BCUT2D eigenvalue weighted by Crippen LogP contribution is 2.41. The Hall–Kier alpha value is -2.69. The van der Waals surface area contributed by atoms with Crippen LogP contribution in [0.25, 0.3) is 11.0 Å². The fourth-order valence-corrected chi connectivity index (χ4v) is 3.13. The zero-order valence-corrected chi connectivity index (χ0v) is 13.6. The zero-order chi connectivity index (χ0) is 16.5. The monoisotopic (exact) mass is 320 g/mol. The van der Waals surface area contributed by atoms with E-state index in [1.807, 2.05) is 48.0 Å². The molecule has 1 heterocycles. The predicted molar refractivity (Wildman–Crippen MR) is 92.6 cm³/mol. The van der Waals surface area contributed by atoms with Crippen molar-refractivity contribution >= 4 is 16.9 Å². The number of benzene rings is 2. The van der Waals surface area contributed by atoms with Gasteiger partial charge in [-0.2, -0.15) is 0 Å². The van der Waals surface area contributed by atoms with Crippen LogP contribution >= 0.6 is 0 Å². The first-order chi connectivity index (χ1) is 11.8. The maximum atomic E-state index is 12.7. The smallest absolute Gasteiger partial charge is 0.251 e. The minimum atomic E-state index is -0.0521. The summed E-state index contributed by atoms with van der Waals surface area (Å²) in [4.78, 5) is 12.7. The highest BCUT2D eigenvalue weighted by Gasteiger charge is 2.33. The van der Waals surface area contributed by atoms with Crippen molar-refractivity contribution in [3.05, 3.63) is 59.7 Å². The third kappa shape index (κ3) is 2.77. The van der Waals surface area contributed by atoms with Crippen LogP contribution in [-0.4, -0.2) is 20.9 Å². The van der Waals surface area contributed by atoms with Gasteiger partial charge in [-0.15, -0.1) is 5.10 Å². The van der Waals surface area contributed by atoms with E-state index in [-0.39, 0.29) is 11.9 Å². The molecule has 1 amide bonds. The van der Waals surface area contributed by atoms with Crippen molar-refractivity contribution in [3.63, 3.8) is 0 Å². The maximum absolute atomic E-state index is 12.7. The Balaban J connectivity index is 1.58. The van der Waals surface area contributed by atoms with Gasteiger partial charge in [0.2, 0.25) is 0 Å². The standard InChI is InChI=1S/C19H20N4O/c1-2-23-17-11-10-15(12-16(17)21-22-23)19(24)20-18(14-8-9-14)13-6-4-3-5-7-13/h3-7,10-12,14,18H,2,8-9H2,1H3,(H,20,24). The Labute approximate surface area is 140 Å². The molecule has 1 aliphatic carbocycles. The summed E-state index contributed by atoms with van der Waals surface area (Å²) in [7, 11) is 0. The second-order valence-electron chi connectivity index (χ2n) is 6.31. The van der Waals surface area contributed by atoms with E-state index in [1.54, 1.807) is 0 Å². The molecule has 24 heavy (non-hydrogen) atoms. The van der Waals surface area contributed by atoms with Crippen molar-refractivity contribution in [2.75, 3.05) is 0 Å². The summed E-state index contributed by atoms with van der Waals surface area (Å²) in [5.74, 6) is 0.491. The van der Waals surface area contributed by atoms with Gasteiger partial charge in [0, 0.05) is 12.1 Å². The number of carbonyl (C=O) groups excluding carboxylic acids is 1. The number of amides is 1. The number of hydrogen-bond donors (Lipinski definition) is 1. The van der Waals surface area contributed by atoms with Crippen LogP contribution < -0.4 is 5.32 Å². The Morgan fingerprint density at radius 2 is 2.04 bits per heavy atom. The predicted octanol–water partition coefficient (Wildman–Crippen LogP) is 3.33. The molecule has 0 spiro atoms. The number of rotatable bonds is 5. The number of aromatic nitrogens is 3. The van der Waals surface area contributed by atoms with Crippen LogP contribution in [0.15, 0.2) is 48.5 Å². The lowest BCUT2D eigenvalue weighted by molar-refractivity contribution is 0.0932. The van der Waals surface area contributed by atoms with Gasteiger partial charge in [0.15, 0.2) is 0 Å². The van der Waals surface area contributed by atoms with Gasteiger partial charge in [0.25, 0.3) is 5.91 Å². The van der Waals surface area contributed by atoms with Crippen LogP contribution in [0, 0.1) is 5.92 Å². The number of nitrogens with one attached hydrogen (secondary N) is 1. The summed E-state index contributed by atoms with van der Waals surface area (Å²) in [5.41, 5.74) is 3.52. The first-order valence-electron chi connectivity index (χ1n) is 8.45. The van der Waals surface area contributed by atoms with Crippen molar-refractivity contribution in [1.82, 2.24) is 20.3 Å². The summed E-state index contributed by atoms with van der Waals surface area (Å²) in [6.45, 7) is 2.79. The molecule has 1 aliphatic rings. The molecular formula is C19H20N4O. The van der Waals surface area contributed by atoms with E-state index in [2.05, 4.69) is 27.8 Å². The van der Waals surface area contributed by atoms with Gasteiger partial charge in [-0.3, -0.25) is 4.79 Å². The summed E-state index contributed by atoms with van der Waals surface area (Å²) in [5, 5.41) is 11.4. The van der Waals surface area contributed by atoms with Crippen molar-refractivity contribution in [2.24, 2.45) is 5.92 Å². The minimum Gasteiger partial charge on any atom is -0.345 e. The van der Waals surface area contributed by atoms with Gasteiger partial charge in [-0.05, 0) is 49.4 Å². The highest BCUT2D eigenvalue weighted by molar-refractivity contribution is 5.97. The summed E-state index contributed by atoms with van der Waals surface area (Å²) >= 11 is 0. The molecule has 5 nitrogen and oxygen atoms in total. The van der Waals surface area contributed by atoms with Crippen LogP contribution in [0.5, 0.6) is 0 Å². The largest absolute Gasteiger partial charge is 0.345 e. The summed E-state index contributed by atoms with van der Waals surface area (Å²) in [6, 6.07) is 15.9. The van der Waals surface area contributed by atoms with Gasteiger partial charge >= 0.3 is 0 Å². The Morgan fingerprint density at radius 3 is 2.75 bits per heavy atom. The summed E-state index contributed by atoms with van der Waals surface area (Å²) < 4.78 is 1.83. The Bertz CT molecular complexity index is 867. The van der Waals surface area contributed by atoms with Crippen molar-refractivity contribution < 1.29 is 4.79 Å². The van der Waals surface area contributed by atoms with Crippen molar-refractivity contribution in [2.45, 2.75) is 32.4 Å². The molecule has 0 radical (unpaired) electrons. The van der Waals surface area contributed by atoms with Gasteiger partial charge in [0.1, 0.15) is 5.52 Å². The molecule has 3 aromatic rings. The topological polar surface area (TPSA) is 59.8 Å².